The summed E-state index contributed by atoms with van der Waals surface area (Å²) in [5.41, 5.74) is 1.63. The van der Waals surface area contributed by atoms with E-state index in [0.717, 1.165) is 35.4 Å². The molecule has 4 nitrogen and oxygen atoms in total. The Kier molecular flexibility index (Phi) is 3.85. The van der Waals surface area contributed by atoms with Crippen LogP contribution in [0.2, 0.25) is 0 Å². The van der Waals surface area contributed by atoms with Gasteiger partial charge in [0.15, 0.2) is 5.76 Å². The Morgan fingerprint density at radius 2 is 1.95 bits per heavy atom. The number of piperidine rings is 1. The van der Waals surface area contributed by atoms with Gasteiger partial charge in [-0.2, -0.15) is 0 Å². The minimum atomic E-state index is 0.00562. The third-order valence-corrected chi connectivity index (χ3v) is 4.49. The number of benzene rings is 1. The number of ether oxygens (including phenoxy) is 1. The lowest BCUT2D eigenvalue weighted by molar-refractivity contribution is 0.0593. The van der Waals surface area contributed by atoms with Gasteiger partial charge in [-0.05, 0) is 43.4 Å². The van der Waals surface area contributed by atoms with Crippen LogP contribution in [0, 0.1) is 18.8 Å². The van der Waals surface area contributed by atoms with Gasteiger partial charge in [0, 0.05) is 24.0 Å². The van der Waals surface area contributed by atoms with E-state index in [9.17, 15) is 4.79 Å². The third-order valence-electron chi connectivity index (χ3n) is 4.49. The number of nitrogens with zero attached hydrogens (tertiary/aromatic N) is 1. The van der Waals surface area contributed by atoms with E-state index in [1.807, 2.05) is 30.0 Å². The molecule has 0 N–H and O–H groups in total. The first kappa shape index (κ1) is 14.9. The molecular weight excluding hydrogens is 278 g/mol. The molecule has 118 valence electrons. The fourth-order valence-electron chi connectivity index (χ4n) is 3.50. The van der Waals surface area contributed by atoms with E-state index in [4.69, 9.17) is 9.15 Å². The second-order valence-corrected chi connectivity index (χ2v) is 6.57. The average Bonchev–Trinajstić information content (AvgIpc) is 2.82. The molecule has 1 aromatic heterocycles. The smallest absolute Gasteiger partial charge is 0.289 e. The molecule has 0 bridgehead atoms. The molecule has 1 aliphatic heterocycles. The monoisotopic (exact) mass is 301 g/mol. The van der Waals surface area contributed by atoms with Crippen LogP contribution in [0.3, 0.4) is 0 Å². The van der Waals surface area contributed by atoms with Gasteiger partial charge >= 0.3 is 0 Å². The molecule has 1 fully saturated rings. The molecule has 3 rings (SSSR count). The first-order chi connectivity index (χ1) is 10.5. The number of amides is 1. The van der Waals surface area contributed by atoms with Crippen molar-refractivity contribution in [3.8, 4) is 5.75 Å². The Labute approximate surface area is 131 Å². The molecule has 0 spiro atoms. The van der Waals surface area contributed by atoms with Crippen molar-refractivity contribution in [1.29, 1.82) is 0 Å². The van der Waals surface area contributed by atoms with Crippen molar-refractivity contribution in [3.05, 3.63) is 29.5 Å². The summed E-state index contributed by atoms with van der Waals surface area (Å²) in [6, 6.07) is 5.64. The normalized spacial score (nSPS) is 22.1. The summed E-state index contributed by atoms with van der Waals surface area (Å²) in [6.45, 7) is 7.96. The van der Waals surface area contributed by atoms with E-state index in [1.165, 1.54) is 6.42 Å². The highest BCUT2D eigenvalue weighted by Crippen LogP contribution is 2.31. The highest BCUT2D eigenvalue weighted by Gasteiger charge is 2.29. The summed E-state index contributed by atoms with van der Waals surface area (Å²) in [7, 11) is 1.64. The lowest BCUT2D eigenvalue weighted by Gasteiger charge is -2.34. The van der Waals surface area contributed by atoms with Crippen LogP contribution >= 0.6 is 0 Å². The number of methoxy groups -OCH3 is 1. The maximum atomic E-state index is 12.8. The van der Waals surface area contributed by atoms with Crippen molar-refractivity contribution in [1.82, 2.24) is 4.90 Å². The highest BCUT2D eigenvalue weighted by molar-refractivity contribution is 5.99. The Morgan fingerprint density at radius 1 is 1.27 bits per heavy atom. The standard InChI is InChI=1S/C18H23NO3/c1-11-7-12(2)10-19(9-11)18(20)17-13(3)15-8-14(21-4)5-6-16(15)22-17/h5-6,8,11-12H,7,9-10H2,1-4H3/t11-,12+. The molecule has 1 aromatic carbocycles. The number of likely N-dealkylation sites (tertiary alicyclic amines) is 1. The number of rotatable bonds is 2. The lowest BCUT2D eigenvalue weighted by atomic mass is 9.91. The number of aryl methyl sites for hydroxylation is 1. The molecule has 0 unspecified atom stereocenters. The van der Waals surface area contributed by atoms with Gasteiger partial charge in [-0.3, -0.25) is 4.79 Å². The van der Waals surface area contributed by atoms with E-state index in [0.29, 0.717) is 17.6 Å². The highest BCUT2D eigenvalue weighted by atomic mass is 16.5. The summed E-state index contributed by atoms with van der Waals surface area (Å²) in [5.74, 6) is 2.32. The number of hydrogen-bond donors (Lipinski definition) is 0. The molecular formula is C18H23NO3. The molecule has 0 radical (unpaired) electrons. The van der Waals surface area contributed by atoms with Crippen LogP contribution in [0.15, 0.2) is 22.6 Å². The molecule has 22 heavy (non-hydrogen) atoms. The first-order valence-corrected chi connectivity index (χ1v) is 7.86. The predicted octanol–water partition coefficient (Wildman–Crippen LogP) is 3.87. The Bertz CT molecular complexity index is 694. The molecule has 1 amide bonds. The van der Waals surface area contributed by atoms with Crippen molar-refractivity contribution in [3.63, 3.8) is 0 Å². The molecule has 0 aliphatic carbocycles. The number of hydrogen-bond acceptors (Lipinski definition) is 3. The van der Waals surface area contributed by atoms with Gasteiger partial charge in [0.1, 0.15) is 11.3 Å². The minimum Gasteiger partial charge on any atom is -0.497 e. The van der Waals surface area contributed by atoms with Crippen molar-refractivity contribution in [2.24, 2.45) is 11.8 Å². The second kappa shape index (κ2) is 5.67. The predicted molar refractivity (Wildman–Crippen MR) is 86.4 cm³/mol. The van der Waals surface area contributed by atoms with Crippen LogP contribution in [-0.2, 0) is 0 Å². The van der Waals surface area contributed by atoms with E-state index in [1.54, 1.807) is 7.11 Å². The average molecular weight is 301 g/mol. The SMILES string of the molecule is COc1ccc2oc(C(=O)N3C[C@H](C)C[C@H](C)C3)c(C)c2c1. The fourth-order valence-corrected chi connectivity index (χ4v) is 3.50. The zero-order chi connectivity index (χ0) is 15.9. The molecule has 2 aromatic rings. The topological polar surface area (TPSA) is 42.7 Å². The number of furan rings is 1. The molecule has 0 saturated carbocycles. The third kappa shape index (κ3) is 2.58. The number of carbonyl (C=O) groups is 1. The summed E-state index contributed by atoms with van der Waals surface area (Å²) >= 11 is 0. The van der Waals surface area contributed by atoms with Crippen LogP contribution in [-0.4, -0.2) is 31.0 Å². The van der Waals surface area contributed by atoms with Crippen molar-refractivity contribution in [2.45, 2.75) is 27.2 Å². The second-order valence-electron chi connectivity index (χ2n) is 6.57. The zero-order valence-corrected chi connectivity index (χ0v) is 13.7. The minimum absolute atomic E-state index is 0.00562. The molecule has 4 heteroatoms. The molecule has 1 aliphatic rings. The summed E-state index contributed by atoms with van der Waals surface area (Å²) < 4.78 is 11.1. The van der Waals surface area contributed by atoms with Gasteiger partial charge in [0.2, 0.25) is 0 Å². The molecule has 2 heterocycles. The fraction of sp³-hybridized carbons (Fsp3) is 0.500. The number of carbonyl (C=O) groups excluding carboxylic acids is 1. The van der Waals surface area contributed by atoms with Gasteiger partial charge in [-0.25, -0.2) is 0 Å². The van der Waals surface area contributed by atoms with E-state index < -0.39 is 0 Å². The van der Waals surface area contributed by atoms with E-state index >= 15 is 0 Å². The zero-order valence-electron chi connectivity index (χ0n) is 13.7. The van der Waals surface area contributed by atoms with Crippen molar-refractivity contribution < 1.29 is 13.9 Å². The maximum Gasteiger partial charge on any atom is 0.289 e. The van der Waals surface area contributed by atoms with Crippen LogP contribution in [0.1, 0.15) is 36.4 Å². The van der Waals surface area contributed by atoms with Gasteiger partial charge < -0.3 is 14.1 Å². The van der Waals surface area contributed by atoms with Crippen LogP contribution in [0.4, 0.5) is 0 Å². The van der Waals surface area contributed by atoms with Gasteiger partial charge in [-0.15, -0.1) is 0 Å². The van der Waals surface area contributed by atoms with Crippen LogP contribution in [0.25, 0.3) is 11.0 Å². The Balaban J connectivity index is 1.95. The summed E-state index contributed by atoms with van der Waals surface area (Å²) in [4.78, 5) is 14.8. The molecule has 1 saturated heterocycles. The van der Waals surface area contributed by atoms with Crippen LogP contribution in [0.5, 0.6) is 5.75 Å². The van der Waals surface area contributed by atoms with E-state index in [-0.39, 0.29) is 5.91 Å². The number of fused-ring (bicyclic) bond motifs is 1. The first-order valence-electron chi connectivity index (χ1n) is 7.86. The Morgan fingerprint density at radius 3 is 2.59 bits per heavy atom. The van der Waals surface area contributed by atoms with Gasteiger partial charge in [-0.1, -0.05) is 13.8 Å². The lowest BCUT2D eigenvalue weighted by Crippen LogP contribution is -2.42. The van der Waals surface area contributed by atoms with Gasteiger partial charge in [0.05, 0.1) is 7.11 Å². The van der Waals surface area contributed by atoms with Crippen molar-refractivity contribution >= 4 is 16.9 Å². The summed E-state index contributed by atoms with van der Waals surface area (Å²) in [5, 5.41) is 0.945. The van der Waals surface area contributed by atoms with Crippen LogP contribution < -0.4 is 4.74 Å². The Hall–Kier alpha value is -1.97. The summed E-state index contributed by atoms with van der Waals surface area (Å²) in [6.07, 6.45) is 1.18. The van der Waals surface area contributed by atoms with Crippen molar-refractivity contribution in [2.75, 3.05) is 20.2 Å². The van der Waals surface area contributed by atoms with Gasteiger partial charge in [0.25, 0.3) is 5.91 Å². The maximum absolute atomic E-state index is 12.8. The molecule has 2 atom stereocenters. The quantitative estimate of drug-likeness (QED) is 0.845. The van der Waals surface area contributed by atoms with E-state index in [2.05, 4.69) is 13.8 Å². The largest absolute Gasteiger partial charge is 0.497 e.